The van der Waals surface area contributed by atoms with Crippen LogP contribution in [0.25, 0.3) is 0 Å². The highest BCUT2D eigenvalue weighted by molar-refractivity contribution is 5.43. The number of methoxy groups -OCH3 is 1. The molecule has 170 valence electrons. The first kappa shape index (κ1) is 23.5. The predicted molar refractivity (Wildman–Crippen MR) is 123 cm³/mol. The molecule has 0 saturated carbocycles. The number of aliphatic hydroxyl groups is 1. The number of ether oxygens (including phenoxy) is 2. The van der Waals surface area contributed by atoms with Gasteiger partial charge in [-0.2, -0.15) is 0 Å². The fraction of sp³-hybridized carbons (Fsp3) is 0.542. The Bertz CT molecular complexity index is 775. The normalized spacial score (nSPS) is 16.6. The highest BCUT2D eigenvalue weighted by atomic mass is 16.5. The zero-order chi connectivity index (χ0) is 21.9. The van der Waals surface area contributed by atoms with Gasteiger partial charge in [-0.1, -0.05) is 6.07 Å². The van der Waals surface area contributed by atoms with Gasteiger partial charge in [-0.25, -0.2) is 0 Å². The number of likely N-dealkylation sites (N-methyl/N-ethyl adjacent to an activating group) is 1. The van der Waals surface area contributed by atoms with E-state index in [1.165, 1.54) is 5.56 Å². The van der Waals surface area contributed by atoms with Crippen LogP contribution < -0.4 is 14.8 Å². The Hall–Kier alpha value is -2.19. The third-order valence-electron chi connectivity index (χ3n) is 5.61. The van der Waals surface area contributed by atoms with E-state index < -0.39 is 6.10 Å². The van der Waals surface area contributed by atoms with E-state index in [-0.39, 0.29) is 6.61 Å². The topological polar surface area (TPSA) is 70.1 Å². The van der Waals surface area contributed by atoms with Crippen molar-refractivity contribution >= 4 is 0 Å². The molecule has 1 atom stereocenters. The molecule has 2 aromatic rings. The van der Waals surface area contributed by atoms with Crippen molar-refractivity contribution in [2.75, 3.05) is 60.0 Å². The number of nitrogens with zero attached hydrogens (tertiary/aromatic N) is 3. The summed E-state index contributed by atoms with van der Waals surface area (Å²) in [5.74, 6) is 1.36. The average molecular weight is 429 g/mol. The van der Waals surface area contributed by atoms with Gasteiger partial charge in [-0.3, -0.25) is 9.88 Å². The van der Waals surface area contributed by atoms with E-state index in [4.69, 9.17) is 9.47 Å². The Morgan fingerprint density at radius 2 is 1.90 bits per heavy atom. The molecule has 3 rings (SSSR count). The minimum Gasteiger partial charge on any atom is -0.493 e. The van der Waals surface area contributed by atoms with Crippen LogP contribution in [0.2, 0.25) is 0 Å². The predicted octanol–water partition coefficient (Wildman–Crippen LogP) is 1.80. The van der Waals surface area contributed by atoms with E-state index in [0.29, 0.717) is 18.0 Å². The Labute approximate surface area is 186 Å². The van der Waals surface area contributed by atoms with Crippen LogP contribution in [-0.4, -0.2) is 86.0 Å². The van der Waals surface area contributed by atoms with Crippen molar-refractivity contribution in [3.63, 3.8) is 0 Å². The average Bonchev–Trinajstić information content (AvgIpc) is 3.00. The van der Waals surface area contributed by atoms with Gasteiger partial charge in [-0.05, 0) is 74.9 Å². The maximum atomic E-state index is 10.5. The second-order valence-corrected chi connectivity index (χ2v) is 8.19. The lowest BCUT2D eigenvalue weighted by molar-refractivity contribution is 0.0685. The second-order valence-electron chi connectivity index (χ2n) is 8.19. The number of β-amino-alcohol motifs (C(OH)–C–C–N with tert-alkyl or cyclic N) is 1. The van der Waals surface area contributed by atoms with Crippen molar-refractivity contribution in [1.29, 1.82) is 0 Å². The molecule has 1 saturated heterocycles. The number of nitrogens with one attached hydrogen (secondary N) is 1. The van der Waals surface area contributed by atoms with Crippen LogP contribution in [0, 0.1) is 0 Å². The molecule has 0 amide bonds. The minimum absolute atomic E-state index is 0.252. The fourth-order valence-electron chi connectivity index (χ4n) is 3.78. The fourth-order valence-corrected chi connectivity index (χ4v) is 3.78. The van der Waals surface area contributed by atoms with Crippen molar-refractivity contribution < 1.29 is 14.6 Å². The van der Waals surface area contributed by atoms with Gasteiger partial charge in [0, 0.05) is 38.6 Å². The molecule has 7 nitrogen and oxygen atoms in total. The zero-order valence-corrected chi connectivity index (χ0v) is 18.8. The molecule has 7 heteroatoms. The summed E-state index contributed by atoms with van der Waals surface area (Å²) in [4.78, 5) is 8.70. The van der Waals surface area contributed by atoms with Gasteiger partial charge in [0.15, 0.2) is 11.5 Å². The van der Waals surface area contributed by atoms with Gasteiger partial charge in [0.1, 0.15) is 12.7 Å². The van der Waals surface area contributed by atoms with E-state index in [1.807, 2.05) is 42.7 Å². The summed E-state index contributed by atoms with van der Waals surface area (Å²) >= 11 is 0. The third kappa shape index (κ3) is 8.10. The quantitative estimate of drug-likeness (QED) is 0.529. The minimum atomic E-state index is -0.532. The second kappa shape index (κ2) is 12.6. The molecule has 0 aliphatic carbocycles. The third-order valence-corrected chi connectivity index (χ3v) is 5.61. The van der Waals surface area contributed by atoms with Gasteiger partial charge in [0.25, 0.3) is 0 Å². The molecule has 1 aliphatic rings. The standard InChI is InChI=1S/C24H36N4O3/c1-27-12-3-13-28(15-14-27)18-22(29)19-31-24-16-21(4-5-23(24)30-2)17-26-11-8-20-6-9-25-10-7-20/h4-7,9-10,16,22,26,29H,3,8,11-15,17-19H2,1-2H3/t22-/m1/s1. The summed E-state index contributed by atoms with van der Waals surface area (Å²) in [7, 11) is 3.79. The molecule has 2 heterocycles. The monoisotopic (exact) mass is 428 g/mol. The molecular formula is C24H36N4O3. The maximum absolute atomic E-state index is 10.5. The molecule has 2 N–H and O–H groups in total. The van der Waals surface area contributed by atoms with Crippen molar-refractivity contribution in [3.8, 4) is 11.5 Å². The smallest absolute Gasteiger partial charge is 0.161 e. The lowest BCUT2D eigenvalue weighted by Gasteiger charge is -2.23. The number of aromatic nitrogens is 1. The number of rotatable bonds is 11. The molecule has 31 heavy (non-hydrogen) atoms. The molecule has 1 aliphatic heterocycles. The highest BCUT2D eigenvalue weighted by Crippen LogP contribution is 2.28. The van der Waals surface area contributed by atoms with E-state index in [0.717, 1.165) is 57.7 Å². The molecule has 0 unspecified atom stereocenters. The summed E-state index contributed by atoms with van der Waals surface area (Å²) in [5, 5.41) is 14.0. The molecule has 1 fully saturated rings. The van der Waals surface area contributed by atoms with Crippen molar-refractivity contribution in [2.24, 2.45) is 0 Å². The van der Waals surface area contributed by atoms with Crippen LogP contribution >= 0.6 is 0 Å². The Morgan fingerprint density at radius 3 is 2.71 bits per heavy atom. The summed E-state index contributed by atoms with van der Waals surface area (Å²) < 4.78 is 11.4. The highest BCUT2D eigenvalue weighted by Gasteiger charge is 2.17. The molecular weight excluding hydrogens is 392 g/mol. The van der Waals surface area contributed by atoms with Gasteiger partial charge >= 0.3 is 0 Å². The zero-order valence-electron chi connectivity index (χ0n) is 18.8. The summed E-state index contributed by atoms with van der Waals surface area (Å²) in [5.41, 5.74) is 2.39. The SMILES string of the molecule is COc1ccc(CNCCc2ccncc2)cc1OC[C@H](O)CN1CCCN(C)CC1. The Kier molecular flexibility index (Phi) is 9.55. The van der Waals surface area contributed by atoms with Gasteiger partial charge in [0.05, 0.1) is 7.11 Å². The van der Waals surface area contributed by atoms with Crippen LogP contribution in [0.1, 0.15) is 17.5 Å². The van der Waals surface area contributed by atoms with Gasteiger partial charge in [0.2, 0.25) is 0 Å². The first-order valence-corrected chi connectivity index (χ1v) is 11.1. The molecule has 1 aromatic heterocycles. The number of hydrogen-bond donors (Lipinski definition) is 2. The van der Waals surface area contributed by atoms with E-state index >= 15 is 0 Å². The van der Waals surface area contributed by atoms with Crippen LogP contribution in [-0.2, 0) is 13.0 Å². The first-order valence-electron chi connectivity index (χ1n) is 11.1. The lowest BCUT2D eigenvalue weighted by Crippen LogP contribution is -2.37. The number of aliphatic hydroxyl groups excluding tert-OH is 1. The number of benzene rings is 1. The van der Waals surface area contributed by atoms with E-state index in [1.54, 1.807) is 7.11 Å². The van der Waals surface area contributed by atoms with Crippen LogP contribution in [0.15, 0.2) is 42.7 Å². The summed E-state index contributed by atoms with van der Waals surface area (Å²) in [6.45, 7) is 6.67. The molecule has 1 aromatic carbocycles. The van der Waals surface area contributed by atoms with Crippen molar-refractivity contribution in [3.05, 3.63) is 53.9 Å². The molecule has 0 spiro atoms. The largest absolute Gasteiger partial charge is 0.493 e. The van der Waals surface area contributed by atoms with E-state index in [2.05, 4.69) is 27.1 Å². The molecule has 0 radical (unpaired) electrons. The number of pyridine rings is 1. The van der Waals surface area contributed by atoms with Crippen LogP contribution in [0.4, 0.5) is 0 Å². The molecule has 0 bridgehead atoms. The maximum Gasteiger partial charge on any atom is 0.161 e. The van der Waals surface area contributed by atoms with Crippen LogP contribution in [0.5, 0.6) is 11.5 Å². The van der Waals surface area contributed by atoms with Crippen molar-refractivity contribution in [1.82, 2.24) is 20.1 Å². The van der Waals surface area contributed by atoms with Gasteiger partial charge in [-0.15, -0.1) is 0 Å². The Morgan fingerprint density at radius 1 is 1.06 bits per heavy atom. The summed E-state index contributed by atoms with van der Waals surface area (Å²) in [6, 6.07) is 10.0. The van der Waals surface area contributed by atoms with Crippen molar-refractivity contribution in [2.45, 2.75) is 25.5 Å². The van der Waals surface area contributed by atoms with Crippen LogP contribution in [0.3, 0.4) is 0 Å². The summed E-state index contributed by atoms with van der Waals surface area (Å²) in [6.07, 6.45) is 5.20. The van der Waals surface area contributed by atoms with Gasteiger partial charge < -0.3 is 24.8 Å². The first-order chi connectivity index (χ1) is 15.1. The van der Waals surface area contributed by atoms with E-state index in [9.17, 15) is 5.11 Å². The number of hydrogen-bond acceptors (Lipinski definition) is 7. The lowest BCUT2D eigenvalue weighted by atomic mass is 10.1. The Balaban J connectivity index is 1.45.